The first kappa shape index (κ1) is 16.2. The van der Waals surface area contributed by atoms with Crippen LogP contribution in [-0.4, -0.2) is 19.9 Å². The molecule has 0 saturated carbocycles. The Morgan fingerprint density at radius 2 is 1.84 bits per heavy atom. The van der Waals surface area contributed by atoms with Gasteiger partial charge >= 0.3 is 0 Å². The number of hydrogen-bond donors (Lipinski definition) is 1. The van der Waals surface area contributed by atoms with Crippen LogP contribution in [0.5, 0.6) is 0 Å². The normalized spacial score (nSPS) is 12.3. The summed E-state index contributed by atoms with van der Waals surface area (Å²) in [4.78, 5) is 11.4. The Balaban J connectivity index is 3.36. The maximum atomic E-state index is 13.5. The van der Waals surface area contributed by atoms with Crippen LogP contribution in [0.15, 0.2) is 17.0 Å². The highest BCUT2D eigenvalue weighted by Crippen LogP contribution is 2.26. The molecule has 1 aromatic rings. The monoisotopic (exact) mass is 327 g/mol. The minimum Gasteiger partial charge on any atom is -0.347 e. The second-order valence-electron chi connectivity index (χ2n) is 4.91. The number of carbonyl (C=O) groups excluding carboxylic acids is 1. The number of hydrogen-bond acceptors (Lipinski definition) is 3. The van der Waals surface area contributed by atoms with Crippen molar-refractivity contribution in [2.45, 2.75) is 31.2 Å². The van der Waals surface area contributed by atoms with Gasteiger partial charge in [0.2, 0.25) is 0 Å². The highest BCUT2D eigenvalue weighted by Gasteiger charge is 2.23. The molecular weight excluding hydrogens is 316 g/mol. The van der Waals surface area contributed by atoms with Crippen molar-refractivity contribution in [2.24, 2.45) is 0 Å². The predicted molar refractivity (Wildman–Crippen MR) is 71.7 cm³/mol. The summed E-state index contributed by atoms with van der Waals surface area (Å²) in [6, 6.07) is 1.60. The molecule has 4 nitrogen and oxygen atoms in total. The van der Waals surface area contributed by atoms with E-state index in [9.17, 15) is 17.6 Å². The van der Waals surface area contributed by atoms with Gasteiger partial charge in [0.15, 0.2) is 0 Å². The zero-order valence-electron chi connectivity index (χ0n) is 10.4. The fourth-order valence-corrected chi connectivity index (χ4v) is 2.24. The predicted octanol–water partition coefficient (Wildman–Crippen LogP) is 2.93. The van der Waals surface area contributed by atoms with Crippen LogP contribution in [0.1, 0.15) is 31.1 Å². The lowest BCUT2D eigenvalue weighted by atomic mass is 10.1. The van der Waals surface area contributed by atoms with E-state index < -0.39 is 36.2 Å². The van der Waals surface area contributed by atoms with Gasteiger partial charge in [0, 0.05) is 16.2 Å². The summed E-state index contributed by atoms with van der Waals surface area (Å²) in [7, 11) is 0.975. The molecule has 1 N–H and O–H groups in total. The number of halogens is 3. The topological polar surface area (TPSA) is 63.2 Å². The third-order valence-corrected chi connectivity index (χ3v) is 3.73. The van der Waals surface area contributed by atoms with Gasteiger partial charge in [0.25, 0.3) is 15.0 Å². The summed E-state index contributed by atoms with van der Waals surface area (Å²) in [5.41, 5.74) is -0.858. The number of benzene rings is 1. The third kappa shape index (κ3) is 4.33. The van der Waals surface area contributed by atoms with Gasteiger partial charge in [-0.05, 0) is 32.9 Å². The van der Waals surface area contributed by atoms with Gasteiger partial charge in [-0.15, -0.1) is 0 Å². The van der Waals surface area contributed by atoms with Gasteiger partial charge in [0.05, 0.1) is 15.5 Å². The number of rotatable bonds is 2. The number of carbonyl (C=O) groups is 1. The Bertz CT molecular complexity index is 624. The lowest BCUT2D eigenvalue weighted by Crippen LogP contribution is -2.40. The van der Waals surface area contributed by atoms with Crippen LogP contribution in [0, 0.1) is 5.82 Å². The van der Waals surface area contributed by atoms with Crippen molar-refractivity contribution < 1.29 is 17.6 Å². The van der Waals surface area contributed by atoms with E-state index in [1.807, 2.05) is 0 Å². The van der Waals surface area contributed by atoms with Crippen LogP contribution in [-0.2, 0) is 9.05 Å². The van der Waals surface area contributed by atoms with Crippen LogP contribution in [0.25, 0.3) is 0 Å². The Kier molecular flexibility index (Phi) is 4.49. The van der Waals surface area contributed by atoms with E-state index in [0.29, 0.717) is 6.07 Å². The molecule has 0 aliphatic rings. The van der Waals surface area contributed by atoms with Crippen molar-refractivity contribution in [2.75, 3.05) is 0 Å². The van der Waals surface area contributed by atoms with Crippen LogP contribution in [0.4, 0.5) is 4.39 Å². The molecule has 1 rings (SSSR count). The van der Waals surface area contributed by atoms with Crippen LogP contribution < -0.4 is 5.32 Å². The third-order valence-electron chi connectivity index (χ3n) is 2.02. The molecular formula is C11H12Cl2FNO3S. The van der Waals surface area contributed by atoms with Gasteiger partial charge in [0.1, 0.15) is 5.82 Å². The van der Waals surface area contributed by atoms with E-state index in [1.165, 1.54) is 0 Å². The molecule has 0 bridgehead atoms. The Labute approximate surface area is 120 Å². The average Bonchev–Trinajstić information content (AvgIpc) is 2.17. The summed E-state index contributed by atoms with van der Waals surface area (Å²) >= 11 is 5.67. The second kappa shape index (κ2) is 5.26. The van der Waals surface area contributed by atoms with E-state index in [2.05, 4.69) is 5.32 Å². The zero-order valence-corrected chi connectivity index (χ0v) is 12.7. The first-order valence-electron chi connectivity index (χ1n) is 5.18. The minimum absolute atomic E-state index is 0.282. The lowest BCUT2D eigenvalue weighted by Gasteiger charge is -2.21. The van der Waals surface area contributed by atoms with E-state index >= 15 is 0 Å². The van der Waals surface area contributed by atoms with E-state index in [-0.39, 0.29) is 5.56 Å². The molecule has 19 heavy (non-hydrogen) atoms. The molecule has 0 spiro atoms. The molecule has 1 aromatic carbocycles. The number of amides is 1. The van der Waals surface area contributed by atoms with Crippen LogP contribution in [0.3, 0.4) is 0 Å². The smallest absolute Gasteiger partial charge is 0.261 e. The van der Waals surface area contributed by atoms with Crippen molar-refractivity contribution in [3.05, 3.63) is 28.5 Å². The van der Waals surface area contributed by atoms with E-state index in [1.54, 1.807) is 20.8 Å². The van der Waals surface area contributed by atoms with Crippen molar-refractivity contribution in [3.63, 3.8) is 0 Å². The quantitative estimate of drug-likeness (QED) is 0.849. The summed E-state index contributed by atoms with van der Waals surface area (Å²) < 4.78 is 35.9. The second-order valence-corrected chi connectivity index (χ2v) is 7.85. The molecule has 0 aliphatic carbocycles. The molecule has 0 heterocycles. The first-order valence-corrected chi connectivity index (χ1v) is 7.87. The SMILES string of the molecule is CC(C)(C)NC(=O)c1cc(S(=O)(=O)Cl)cc(F)c1Cl. The van der Waals surface area contributed by atoms with Crippen molar-refractivity contribution in [1.29, 1.82) is 0 Å². The molecule has 0 unspecified atom stereocenters. The Morgan fingerprint density at radius 1 is 1.32 bits per heavy atom. The molecule has 0 radical (unpaired) electrons. The van der Waals surface area contributed by atoms with Gasteiger partial charge in [-0.2, -0.15) is 0 Å². The molecule has 0 saturated heterocycles. The first-order chi connectivity index (χ1) is 8.42. The van der Waals surface area contributed by atoms with Crippen LogP contribution >= 0.6 is 22.3 Å². The molecule has 0 atom stereocenters. The van der Waals surface area contributed by atoms with Crippen molar-refractivity contribution in [1.82, 2.24) is 5.32 Å². The Morgan fingerprint density at radius 3 is 2.26 bits per heavy atom. The summed E-state index contributed by atoms with van der Waals surface area (Å²) in [5, 5.41) is 2.10. The fourth-order valence-electron chi connectivity index (χ4n) is 1.28. The molecule has 8 heteroatoms. The highest BCUT2D eigenvalue weighted by atomic mass is 35.7. The van der Waals surface area contributed by atoms with Crippen molar-refractivity contribution in [3.8, 4) is 0 Å². The van der Waals surface area contributed by atoms with E-state index in [0.717, 1.165) is 6.07 Å². The molecule has 0 fully saturated rings. The van der Waals surface area contributed by atoms with Gasteiger partial charge < -0.3 is 5.32 Å². The van der Waals surface area contributed by atoms with Gasteiger partial charge in [-0.3, -0.25) is 4.79 Å². The molecule has 106 valence electrons. The largest absolute Gasteiger partial charge is 0.347 e. The molecule has 0 aliphatic heterocycles. The van der Waals surface area contributed by atoms with E-state index in [4.69, 9.17) is 22.3 Å². The maximum absolute atomic E-state index is 13.5. The summed E-state index contributed by atoms with van der Waals surface area (Å²) in [6.45, 7) is 5.16. The lowest BCUT2D eigenvalue weighted by molar-refractivity contribution is 0.0919. The number of nitrogens with one attached hydrogen (secondary N) is 1. The zero-order chi connectivity index (χ0) is 15.0. The molecule has 1 amide bonds. The highest BCUT2D eigenvalue weighted by molar-refractivity contribution is 8.13. The summed E-state index contributed by atoms with van der Waals surface area (Å²) in [5.74, 6) is -1.71. The maximum Gasteiger partial charge on any atom is 0.261 e. The average molecular weight is 328 g/mol. The van der Waals surface area contributed by atoms with Crippen LogP contribution in [0.2, 0.25) is 5.02 Å². The fraction of sp³-hybridized carbons (Fsp3) is 0.364. The van der Waals surface area contributed by atoms with Gasteiger partial charge in [-0.25, -0.2) is 12.8 Å². The van der Waals surface area contributed by atoms with Crippen molar-refractivity contribution >= 4 is 37.2 Å². The minimum atomic E-state index is -4.15. The summed E-state index contributed by atoms with van der Waals surface area (Å²) in [6.07, 6.45) is 0. The molecule has 0 aromatic heterocycles. The standard InChI is InChI=1S/C11H12Cl2FNO3S/c1-11(2,3)15-10(16)7-4-6(19(13,17)18)5-8(14)9(7)12/h4-5H,1-3H3,(H,15,16). The van der Waals surface area contributed by atoms with Gasteiger partial charge in [-0.1, -0.05) is 11.6 Å². The Hall–Kier alpha value is -0.850.